The van der Waals surface area contributed by atoms with Crippen LogP contribution in [0.15, 0.2) is 108 Å². The maximum Gasteiger partial charge on any atom is 0.268 e. The summed E-state index contributed by atoms with van der Waals surface area (Å²) < 4.78 is 0. The van der Waals surface area contributed by atoms with Crippen molar-refractivity contribution in [1.29, 1.82) is 0 Å². The molecule has 2 aliphatic heterocycles. The SMILES string of the molecule is Cc1ccc(C(=O)N2C(=O)C3=C(c4ccccc4C)N(C(=O)c4ccc(C)cc4)C(=O)C3=C2c2ccccc2C)cc1. The van der Waals surface area contributed by atoms with Gasteiger partial charge in [0.1, 0.15) is 0 Å². The summed E-state index contributed by atoms with van der Waals surface area (Å²) in [5.74, 6) is -2.36. The molecular formula is C36H28N2O4. The topological polar surface area (TPSA) is 74.8 Å². The van der Waals surface area contributed by atoms with Crippen LogP contribution in [-0.4, -0.2) is 33.4 Å². The molecule has 0 N–H and O–H groups in total. The Kier molecular flexibility index (Phi) is 6.54. The second kappa shape index (κ2) is 10.2. The zero-order valence-corrected chi connectivity index (χ0v) is 23.8. The molecule has 6 rings (SSSR count). The maximum atomic E-state index is 14.5. The Labute approximate surface area is 244 Å². The number of aryl methyl sites for hydroxylation is 4. The number of rotatable bonds is 4. The summed E-state index contributed by atoms with van der Waals surface area (Å²) in [7, 11) is 0. The number of nitrogens with zero attached hydrogens (tertiary/aromatic N) is 2. The molecule has 6 heteroatoms. The van der Waals surface area contributed by atoms with E-state index >= 15 is 0 Å². The van der Waals surface area contributed by atoms with Gasteiger partial charge >= 0.3 is 0 Å². The number of fused-ring (bicyclic) bond motifs is 1. The molecule has 0 aliphatic carbocycles. The molecule has 4 aromatic rings. The van der Waals surface area contributed by atoms with Crippen LogP contribution < -0.4 is 0 Å². The summed E-state index contributed by atoms with van der Waals surface area (Å²) >= 11 is 0. The molecule has 2 heterocycles. The molecule has 206 valence electrons. The van der Waals surface area contributed by atoms with Crippen LogP contribution in [0, 0.1) is 27.7 Å². The predicted molar refractivity (Wildman–Crippen MR) is 161 cm³/mol. The van der Waals surface area contributed by atoms with Crippen LogP contribution in [0.3, 0.4) is 0 Å². The Morgan fingerprint density at radius 3 is 1.14 bits per heavy atom. The third-order valence-corrected chi connectivity index (χ3v) is 7.81. The molecule has 0 bridgehead atoms. The largest absolute Gasteiger partial charge is 0.268 e. The highest BCUT2D eigenvalue weighted by Gasteiger charge is 2.53. The van der Waals surface area contributed by atoms with Gasteiger partial charge in [0.15, 0.2) is 0 Å². The Hall–Kier alpha value is -5.36. The van der Waals surface area contributed by atoms with Gasteiger partial charge in [-0.05, 0) is 63.1 Å². The van der Waals surface area contributed by atoms with E-state index < -0.39 is 23.6 Å². The lowest BCUT2D eigenvalue weighted by Gasteiger charge is -2.24. The molecule has 0 radical (unpaired) electrons. The molecule has 0 fully saturated rings. The maximum absolute atomic E-state index is 14.5. The Balaban J connectivity index is 1.65. The van der Waals surface area contributed by atoms with Crippen LogP contribution in [0.2, 0.25) is 0 Å². The molecule has 6 nitrogen and oxygen atoms in total. The summed E-state index contributed by atoms with van der Waals surface area (Å²) in [5, 5.41) is 0. The van der Waals surface area contributed by atoms with E-state index in [0.29, 0.717) is 22.3 Å². The number of amides is 4. The van der Waals surface area contributed by atoms with Gasteiger partial charge in [0.2, 0.25) is 0 Å². The average molecular weight is 553 g/mol. The third-order valence-electron chi connectivity index (χ3n) is 7.81. The molecule has 0 unspecified atom stereocenters. The molecule has 42 heavy (non-hydrogen) atoms. The first-order chi connectivity index (χ1) is 20.2. The van der Waals surface area contributed by atoms with Crippen molar-refractivity contribution >= 4 is 35.0 Å². The lowest BCUT2D eigenvalue weighted by molar-refractivity contribution is -0.122. The van der Waals surface area contributed by atoms with Crippen molar-refractivity contribution in [3.05, 3.63) is 153 Å². The lowest BCUT2D eigenvalue weighted by Crippen LogP contribution is -2.36. The molecule has 2 aliphatic rings. The van der Waals surface area contributed by atoms with Crippen molar-refractivity contribution in [3.63, 3.8) is 0 Å². The number of imide groups is 2. The van der Waals surface area contributed by atoms with Crippen molar-refractivity contribution in [2.24, 2.45) is 0 Å². The van der Waals surface area contributed by atoms with Gasteiger partial charge in [0.25, 0.3) is 23.6 Å². The molecule has 0 aromatic heterocycles. The van der Waals surface area contributed by atoms with Gasteiger partial charge in [0, 0.05) is 22.3 Å². The summed E-state index contributed by atoms with van der Waals surface area (Å²) in [6, 6.07) is 28.5. The highest BCUT2D eigenvalue weighted by molar-refractivity contribution is 6.38. The molecule has 4 aromatic carbocycles. The monoisotopic (exact) mass is 552 g/mol. The number of hydrogen-bond acceptors (Lipinski definition) is 4. The quantitative estimate of drug-likeness (QED) is 0.274. The van der Waals surface area contributed by atoms with Crippen LogP contribution in [0.1, 0.15) is 54.1 Å². The van der Waals surface area contributed by atoms with Gasteiger partial charge in [-0.2, -0.15) is 0 Å². The van der Waals surface area contributed by atoms with Gasteiger partial charge in [-0.15, -0.1) is 0 Å². The van der Waals surface area contributed by atoms with E-state index in [-0.39, 0.29) is 22.5 Å². The van der Waals surface area contributed by atoms with Crippen molar-refractivity contribution in [3.8, 4) is 0 Å². The highest BCUT2D eigenvalue weighted by Crippen LogP contribution is 2.48. The van der Waals surface area contributed by atoms with Crippen LogP contribution >= 0.6 is 0 Å². The van der Waals surface area contributed by atoms with Crippen LogP contribution in [0.5, 0.6) is 0 Å². The zero-order chi connectivity index (χ0) is 29.7. The van der Waals surface area contributed by atoms with E-state index in [4.69, 9.17) is 0 Å². The second-order valence-corrected chi connectivity index (χ2v) is 10.7. The lowest BCUT2D eigenvalue weighted by atomic mass is 9.98. The minimum absolute atomic E-state index is 0.0495. The van der Waals surface area contributed by atoms with Gasteiger partial charge in [0.05, 0.1) is 22.5 Å². The third kappa shape index (κ3) is 4.20. The standard InChI is InChI=1S/C36H28N2O4/c1-21-13-17-25(18-14-21)33(39)37-31(27-11-7-5-9-23(27)3)29-30(35(37)41)32(28-12-8-6-10-24(28)4)38(36(29)42)34(40)26-19-15-22(2)16-20-26/h5-20H,1-4H3. The van der Waals surface area contributed by atoms with Crippen molar-refractivity contribution in [1.82, 2.24) is 9.80 Å². The van der Waals surface area contributed by atoms with Gasteiger partial charge < -0.3 is 0 Å². The number of carbonyl (C=O) groups excluding carboxylic acids is 4. The first kappa shape index (κ1) is 26.8. The van der Waals surface area contributed by atoms with Crippen LogP contribution in [-0.2, 0) is 9.59 Å². The fourth-order valence-corrected chi connectivity index (χ4v) is 5.53. The molecular weight excluding hydrogens is 524 g/mol. The minimum atomic E-state index is -0.639. The zero-order valence-electron chi connectivity index (χ0n) is 23.8. The van der Waals surface area contributed by atoms with Crippen molar-refractivity contribution < 1.29 is 19.2 Å². The predicted octanol–water partition coefficient (Wildman–Crippen LogP) is 6.41. The summed E-state index contributed by atoms with van der Waals surface area (Å²) in [6.45, 7) is 7.55. The van der Waals surface area contributed by atoms with Crippen molar-refractivity contribution in [2.75, 3.05) is 0 Å². The number of benzene rings is 4. The Bertz CT molecular complexity index is 1740. The van der Waals surface area contributed by atoms with Crippen molar-refractivity contribution in [2.45, 2.75) is 27.7 Å². The Morgan fingerprint density at radius 2 is 0.810 bits per heavy atom. The molecule has 0 atom stereocenters. The normalized spacial score (nSPS) is 14.7. The molecule has 0 saturated carbocycles. The number of carbonyl (C=O) groups is 4. The highest BCUT2D eigenvalue weighted by atomic mass is 16.2. The van der Waals surface area contributed by atoms with E-state index in [2.05, 4.69) is 0 Å². The van der Waals surface area contributed by atoms with Crippen LogP contribution in [0.25, 0.3) is 11.4 Å². The summed E-state index contributed by atoms with van der Waals surface area (Å²) in [4.78, 5) is 59.2. The first-order valence-electron chi connectivity index (χ1n) is 13.7. The Morgan fingerprint density at radius 1 is 0.476 bits per heavy atom. The fourth-order valence-electron chi connectivity index (χ4n) is 5.53. The summed E-state index contributed by atoms with van der Waals surface area (Å²) in [6.07, 6.45) is 0. The molecule has 0 spiro atoms. The van der Waals surface area contributed by atoms with E-state index in [1.165, 1.54) is 0 Å². The van der Waals surface area contributed by atoms with Gasteiger partial charge in [-0.25, -0.2) is 9.80 Å². The smallest absolute Gasteiger partial charge is 0.268 e. The summed E-state index contributed by atoms with van der Waals surface area (Å²) in [5.41, 5.74) is 5.75. The first-order valence-corrected chi connectivity index (χ1v) is 13.7. The average Bonchev–Trinajstić information content (AvgIpc) is 3.45. The fraction of sp³-hybridized carbons (Fsp3) is 0.111. The molecule has 0 saturated heterocycles. The molecule has 4 amide bonds. The van der Waals surface area contributed by atoms with E-state index in [0.717, 1.165) is 32.1 Å². The van der Waals surface area contributed by atoms with E-state index in [1.54, 1.807) is 72.8 Å². The van der Waals surface area contributed by atoms with Gasteiger partial charge in [-0.3, -0.25) is 19.2 Å². The second-order valence-electron chi connectivity index (χ2n) is 10.7. The number of hydrogen-bond donors (Lipinski definition) is 0. The minimum Gasteiger partial charge on any atom is -0.268 e. The van der Waals surface area contributed by atoms with E-state index in [9.17, 15) is 19.2 Å². The van der Waals surface area contributed by atoms with Gasteiger partial charge in [-0.1, -0.05) is 83.9 Å². The van der Waals surface area contributed by atoms with Crippen LogP contribution in [0.4, 0.5) is 0 Å². The van der Waals surface area contributed by atoms with E-state index in [1.807, 2.05) is 52.0 Å².